The van der Waals surface area contributed by atoms with Gasteiger partial charge in [0.15, 0.2) is 0 Å². The third kappa shape index (κ3) is 2.51. The van der Waals surface area contributed by atoms with Crippen LogP contribution in [0.15, 0.2) is 24.4 Å². The second kappa shape index (κ2) is 5.44. The Morgan fingerprint density at radius 3 is 2.78 bits per heavy atom. The van der Waals surface area contributed by atoms with Gasteiger partial charge in [-0.05, 0) is 64.0 Å². The number of nitrogens with one attached hydrogen (secondary N) is 1. The maximum absolute atomic E-state index is 9.65. The Kier molecular flexibility index (Phi) is 3.92. The van der Waals surface area contributed by atoms with Gasteiger partial charge in [-0.2, -0.15) is 0 Å². The highest BCUT2D eigenvalue weighted by Crippen LogP contribution is 2.28. The van der Waals surface area contributed by atoms with Crippen molar-refractivity contribution < 1.29 is 5.11 Å². The number of aromatic hydroxyl groups is 1. The van der Waals surface area contributed by atoms with Crippen molar-refractivity contribution in [3.05, 3.63) is 30.0 Å². The SMILES string of the molecule is CNCCCc1cn(C(C)C)c2ccc(O)cc12. The molecule has 0 unspecified atom stereocenters. The lowest BCUT2D eigenvalue weighted by molar-refractivity contribution is 0.476. The molecule has 3 nitrogen and oxygen atoms in total. The summed E-state index contributed by atoms with van der Waals surface area (Å²) in [5.74, 6) is 0.346. The molecule has 0 amide bonds. The van der Waals surface area contributed by atoms with Crippen LogP contribution in [0.1, 0.15) is 31.9 Å². The van der Waals surface area contributed by atoms with Crippen molar-refractivity contribution in [3.8, 4) is 5.75 Å². The summed E-state index contributed by atoms with van der Waals surface area (Å²) in [5.41, 5.74) is 2.53. The largest absolute Gasteiger partial charge is 0.508 e. The number of hydrogen-bond acceptors (Lipinski definition) is 2. The van der Waals surface area contributed by atoms with E-state index in [-0.39, 0.29) is 0 Å². The lowest BCUT2D eigenvalue weighted by Crippen LogP contribution is -2.08. The van der Waals surface area contributed by atoms with Crippen LogP contribution in [-0.2, 0) is 6.42 Å². The van der Waals surface area contributed by atoms with Gasteiger partial charge in [-0.3, -0.25) is 0 Å². The van der Waals surface area contributed by atoms with Gasteiger partial charge in [-0.1, -0.05) is 0 Å². The van der Waals surface area contributed by atoms with Gasteiger partial charge in [0.05, 0.1) is 0 Å². The molecule has 0 bridgehead atoms. The van der Waals surface area contributed by atoms with E-state index in [4.69, 9.17) is 0 Å². The summed E-state index contributed by atoms with van der Waals surface area (Å²) >= 11 is 0. The number of rotatable bonds is 5. The molecule has 1 aromatic heterocycles. The molecule has 0 fully saturated rings. The minimum Gasteiger partial charge on any atom is -0.508 e. The van der Waals surface area contributed by atoms with E-state index < -0.39 is 0 Å². The molecule has 0 spiro atoms. The topological polar surface area (TPSA) is 37.2 Å². The van der Waals surface area contributed by atoms with Crippen LogP contribution >= 0.6 is 0 Å². The average Bonchev–Trinajstić information content (AvgIpc) is 2.68. The van der Waals surface area contributed by atoms with Crippen molar-refractivity contribution in [2.24, 2.45) is 0 Å². The number of aromatic nitrogens is 1. The fraction of sp³-hybridized carbons (Fsp3) is 0.467. The van der Waals surface area contributed by atoms with Gasteiger partial charge in [0, 0.05) is 23.1 Å². The van der Waals surface area contributed by atoms with Crippen LogP contribution in [-0.4, -0.2) is 23.3 Å². The Bertz CT molecular complexity index is 529. The monoisotopic (exact) mass is 246 g/mol. The van der Waals surface area contributed by atoms with E-state index in [0.717, 1.165) is 19.4 Å². The molecule has 18 heavy (non-hydrogen) atoms. The Morgan fingerprint density at radius 2 is 2.11 bits per heavy atom. The average molecular weight is 246 g/mol. The Morgan fingerprint density at radius 1 is 1.33 bits per heavy atom. The molecule has 0 saturated carbocycles. The van der Waals surface area contributed by atoms with Crippen LogP contribution in [0.2, 0.25) is 0 Å². The van der Waals surface area contributed by atoms with E-state index in [2.05, 4.69) is 29.9 Å². The summed E-state index contributed by atoms with van der Waals surface area (Å²) in [7, 11) is 1.98. The number of benzene rings is 1. The maximum atomic E-state index is 9.65. The van der Waals surface area contributed by atoms with Crippen molar-refractivity contribution in [2.75, 3.05) is 13.6 Å². The smallest absolute Gasteiger partial charge is 0.116 e. The molecule has 98 valence electrons. The number of nitrogens with zero attached hydrogens (tertiary/aromatic N) is 1. The highest BCUT2D eigenvalue weighted by atomic mass is 16.3. The molecular weight excluding hydrogens is 224 g/mol. The molecule has 0 aliphatic rings. The lowest BCUT2D eigenvalue weighted by atomic mass is 10.1. The minimum atomic E-state index is 0.346. The lowest BCUT2D eigenvalue weighted by Gasteiger charge is -2.08. The van der Waals surface area contributed by atoms with Crippen molar-refractivity contribution in [1.29, 1.82) is 0 Å². The zero-order valence-corrected chi connectivity index (χ0v) is 11.4. The molecule has 2 rings (SSSR count). The van der Waals surface area contributed by atoms with E-state index in [1.54, 1.807) is 6.07 Å². The van der Waals surface area contributed by atoms with Gasteiger partial charge in [-0.15, -0.1) is 0 Å². The fourth-order valence-corrected chi connectivity index (χ4v) is 2.40. The zero-order valence-electron chi connectivity index (χ0n) is 11.4. The summed E-state index contributed by atoms with van der Waals surface area (Å²) in [6, 6.07) is 6.09. The molecule has 2 aromatic rings. The third-order valence-electron chi connectivity index (χ3n) is 3.33. The standard InChI is InChI=1S/C15H22N2O/c1-11(2)17-10-12(5-4-8-16-3)14-9-13(18)6-7-15(14)17/h6-7,9-11,16,18H,4-5,8H2,1-3H3. The Balaban J connectivity index is 2.41. The molecule has 1 heterocycles. The van der Waals surface area contributed by atoms with E-state index in [9.17, 15) is 5.11 Å². The maximum Gasteiger partial charge on any atom is 0.116 e. The summed E-state index contributed by atoms with van der Waals surface area (Å²) in [6.07, 6.45) is 4.38. The van der Waals surface area contributed by atoms with E-state index in [0.29, 0.717) is 11.8 Å². The zero-order chi connectivity index (χ0) is 13.1. The predicted molar refractivity (Wildman–Crippen MR) is 76.2 cm³/mol. The number of hydrogen-bond donors (Lipinski definition) is 2. The van der Waals surface area contributed by atoms with Gasteiger partial charge in [0.25, 0.3) is 0 Å². The van der Waals surface area contributed by atoms with Crippen molar-refractivity contribution in [2.45, 2.75) is 32.7 Å². The Labute approximate surface area is 108 Å². The predicted octanol–water partition coefficient (Wildman–Crippen LogP) is 3.08. The van der Waals surface area contributed by atoms with E-state index >= 15 is 0 Å². The first-order chi connectivity index (χ1) is 8.63. The van der Waals surface area contributed by atoms with Crippen molar-refractivity contribution in [1.82, 2.24) is 9.88 Å². The van der Waals surface area contributed by atoms with Crippen molar-refractivity contribution >= 4 is 10.9 Å². The molecule has 3 heteroatoms. The van der Waals surface area contributed by atoms with Crippen LogP contribution in [0.4, 0.5) is 0 Å². The van der Waals surface area contributed by atoms with Gasteiger partial charge < -0.3 is 15.0 Å². The normalized spacial score (nSPS) is 11.6. The molecule has 0 aliphatic heterocycles. The van der Waals surface area contributed by atoms with E-state index in [1.165, 1.54) is 16.5 Å². The second-order valence-electron chi connectivity index (χ2n) is 5.06. The quantitative estimate of drug-likeness (QED) is 0.796. The van der Waals surface area contributed by atoms with Crippen LogP contribution in [0, 0.1) is 0 Å². The van der Waals surface area contributed by atoms with Gasteiger partial charge in [0.2, 0.25) is 0 Å². The molecular formula is C15H22N2O. The molecule has 0 atom stereocenters. The second-order valence-corrected chi connectivity index (χ2v) is 5.06. The third-order valence-corrected chi connectivity index (χ3v) is 3.33. The molecule has 0 saturated heterocycles. The Hall–Kier alpha value is -1.48. The summed E-state index contributed by atoms with van der Waals surface area (Å²) in [5, 5.41) is 14.0. The van der Waals surface area contributed by atoms with Gasteiger partial charge in [0.1, 0.15) is 5.75 Å². The van der Waals surface area contributed by atoms with Crippen LogP contribution in [0.5, 0.6) is 5.75 Å². The fourth-order valence-electron chi connectivity index (χ4n) is 2.40. The molecule has 0 aliphatic carbocycles. The molecule has 0 radical (unpaired) electrons. The first-order valence-corrected chi connectivity index (χ1v) is 6.60. The number of aryl methyl sites for hydroxylation is 1. The van der Waals surface area contributed by atoms with Crippen LogP contribution < -0.4 is 5.32 Å². The molecule has 1 aromatic carbocycles. The minimum absolute atomic E-state index is 0.346. The summed E-state index contributed by atoms with van der Waals surface area (Å²) in [6.45, 7) is 5.39. The number of phenols is 1. The van der Waals surface area contributed by atoms with Crippen LogP contribution in [0.3, 0.4) is 0 Å². The summed E-state index contributed by atoms with van der Waals surface area (Å²) in [4.78, 5) is 0. The molecule has 2 N–H and O–H groups in total. The van der Waals surface area contributed by atoms with Crippen molar-refractivity contribution in [3.63, 3.8) is 0 Å². The van der Waals surface area contributed by atoms with E-state index in [1.807, 2.05) is 19.2 Å². The van der Waals surface area contributed by atoms with Gasteiger partial charge in [-0.25, -0.2) is 0 Å². The highest BCUT2D eigenvalue weighted by Gasteiger charge is 2.10. The van der Waals surface area contributed by atoms with Gasteiger partial charge >= 0.3 is 0 Å². The summed E-state index contributed by atoms with van der Waals surface area (Å²) < 4.78 is 2.28. The first-order valence-electron chi connectivity index (χ1n) is 6.60. The number of phenolic OH excluding ortho intramolecular Hbond substituents is 1. The highest BCUT2D eigenvalue weighted by molar-refractivity contribution is 5.85. The van der Waals surface area contributed by atoms with Crippen LogP contribution in [0.25, 0.3) is 10.9 Å². The first kappa shape index (κ1) is 13.0. The number of fused-ring (bicyclic) bond motifs is 1.